The summed E-state index contributed by atoms with van der Waals surface area (Å²) in [5, 5.41) is 0. The highest BCUT2D eigenvalue weighted by Crippen LogP contribution is 2.17. The van der Waals surface area contributed by atoms with Crippen molar-refractivity contribution in [1.29, 1.82) is 0 Å². The Labute approximate surface area is 71.7 Å². The molecular weight excluding hydrogens is 135 g/mol. The van der Waals surface area contributed by atoms with Gasteiger partial charge in [-0.1, -0.05) is 36.4 Å². The number of hydrogen-bond acceptors (Lipinski definition) is 0. The molecular formula is C9H8Al. The van der Waals surface area contributed by atoms with Crippen LogP contribution in [0.5, 0.6) is 0 Å². The van der Waals surface area contributed by atoms with Crippen molar-refractivity contribution >= 4 is 23.4 Å². The van der Waals surface area contributed by atoms with Gasteiger partial charge in [0.15, 0.2) is 0 Å². The fourth-order valence-corrected chi connectivity index (χ4v) is 1.20. The lowest BCUT2D eigenvalue weighted by atomic mass is 10.1. The van der Waals surface area contributed by atoms with E-state index < -0.39 is 0 Å². The maximum Gasteiger partial charge on any atom is 0 e. The summed E-state index contributed by atoms with van der Waals surface area (Å²) in [7, 11) is 0. The van der Waals surface area contributed by atoms with Crippen LogP contribution in [0.25, 0.3) is 6.08 Å². The maximum atomic E-state index is 2.20. The van der Waals surface area contributed by atoms with Gasteiger partial charge in [-0.25, -0.2) is 0 Å². The predicted octanol–water partition coefficient (Wildman–Crippen LogP) is 1.88. The van der Waals surface area contributed by atoms with E-state index in [2.05, 4.69) is 36.4 Å². The Morgan fingerprint density at radius 3 is 2.70 bits per heavy atom. The van der Waals surface area contributed by atoms with Crippen LogP contribution < -0.4 is 0 Å². The van der Waals surface area contributed by atoms with Crippen molar-refractivity contribution < 1.29 is 0 Å². The first-order valence-corrected chi connectivity index (χ1v) is 3.21. The first kappa shape index (κ1) is 7.60. The molecule has 0 saturated heterocycles. The Bertz CT molecular complexity index is 251. The minimum atomic E-state index is 0. The third-order valence-electron chi connectivity index (χ3n) is 1.69. The summed E-state index contributed by atoms with van der Waals surface area (Å²) < 4.78 is 0. The Hall–Kier alpha value is -0.508. The van der Waals surface area contributed by atoms with Gasteiger partial charge in [-0.3, -0.25) is 0 Å². The highest BCUT2D eigenvalue weighted by atomic mass is 27.0. The van der Waals surface area contributed by atoms with Gasteiger partial charge in [-0.15, -0.1) is 0 Å². The Kier molecular flexibility index (Phi) is 2.32. The average molecular weight is 143 g/mol. The molecule has 0 atom stereocenters. The summed E-state index contributed by atoms with van der Waals surface area (Å²) in [5.41, 5.74) is 2.84. The quantitative estimate of drug-likeness (QED) is 0.486. The van der Waals surface area contributed by atoms with Crippen LogP contribution in [0.4, 0.5) is 0 Å². The first-order valence-electron chi connectivity index (χ1n) is 3.21. The van der Waals surface area contributed by atoms with Gasteiger partial charge in [-0.2, -0.15) is 0 Å². The normalized spacial score (nSPS) is 12.4. The molecule has 0 aliphatic heterocycles. The largest absolute Gasteiger partial charge is 0.0795 e. The smallest absolute Gasteiger partial charge is 0 e. The van der Waals surface area contributed by atoms with E-state index in [1.165, 1.54) is 11.1 Å². The van der Waals surface area contributed by atoms with E-state index in [1.807, 2.05) is 0 Å². The second kappa shape index (κ2) is 3.05. The highest BCUT2D eigenvalue weighted by Gasteiger charge is 2.00. The molecule has 1 aromatic rings. The molecule has 0 saturated carbocycles. The lowest BCUT2D eigenvalue weighted by Gasteiger charge is -1.93. The maximum absolute atomic E-state index is 2.20. The fourth-order valence-electron chi connectivity index (χ4n) is 1.20. The monoisotopic (exact) mass is 143 g/mol. The summed E-state index contributed by atoms with van der Waals surface area (Å²) in [6, 6.07) is 8.49. The molecule has 2 rings (SSSR count). The van der Waals surface area contributed by atoms with Gasteiger partial charge in [0.25, 0.3) is 0 Å². The van der Waals surface area contributed by atoms with Crippen molar-refractivity contribution in [2.75, 3.05) is 0 Å². The number of benzene rings is 1. The first-order chi connectivity index (χ1) is 4.47. The fraction of sp³-hybridized carbons (Fsp3) is 0.111. The summed E-state index contributed by atoms with van der Waals surface area (Å²) in [5.74, 6) is 0. The zero-order valence-corrected chi connectivity index (χ0v) is 6.90. The van der Waals surface area contributed by atoms with E-state index in [9.17, 15) is 0 Å². The molecule has 0 N–H and O–H groups in total. The van der Waals surface area contributed by atoms with E-state index in [0.29, 0.717) is 0 Å². The van der Waals surface area contributed by atoms with Gasteiger partial charge in [0.1, 0.15) is 0 Å². The molecule has 0 bridgehead atoms. The molecule has 1 aliphatic carbocycles. The lowest BCUT2D eigenvalue weighted by molar-refractivity contribution is 1.31. The molecule has 0 fully saturated rings. The highest BCUT2D eigenvalue weighted by molar-refractivity contribution is 5.75. The third-order valence-corrected chi connectivity index (χ3v) is 1.69. The minimum absolute atomic E-state index is 0. The molecule has 3 radical (unpaired) electrons. The van der Waals surface area contributed by atoms with Gasteiger partial charge < -0.3 is 0 Å². The molecule has 0 nitrogen and oxygen atoms in total. The molecule has 10 heavy (non-hydrogen) atoms. The summed E-state index contributed by atoms with van der Waals surface area (Å²) >= 11 is 0. The van der Waals surface area contributed by atoms with E-state index in [1.54, 1.807) is 0 Å². The second-order valence-corrected chi connectivity index (χ2v) is 2.31. The molecule has 1 heteroatoms. The van der Waals surface area contributed by atoms with E-state index >= 15 is 0 Å². The van der Waals surface area contributed by atoms with Crippen LogP contribution in [0.2, 0.25) is 0 Å². The average Bonchev–Trinajstić information content (AvgIpc) is 2.33. The standard InChI is InChI=1S/C9H8.Al/c1-2-5-9-7-3-6-8(9)4-1;/h1-6H,7H2;. The van der Waals surface area contributed by atoms with E-state index in [-0.39, 0.29) is 17.4 Å². The van der Waals surface area contributed by atoms with Crippen LogP contribution in [0, 0.1) is 0 Å². The van der Waals surface area contributed by atoms with Crippen LogP contribution in [0.15, 0.2) is 30.3 Å². The van der Waals surface area contributed by atoms with Crippen molar-refractivity contribution in [2.45, 2.75) is 6.42 Å². The van der Waals surface area contributed by atoms with Crippen molar-refractivity contribution in [1.82, 2.24) is 0 Å². The van der Waals surface area contributed by atoms with Crippen molar-refractivity contribution in [2.24, 2.45) is 0 Å². The van der Waals surface area contributed by atoms with Crippen LogP contribution in [0.1, 0.15) is 11.1 Å². The Balaban J connectivity index is 0.000000500. The Morgan fingerprint density at radius 2 is 1.90 bits per heavy atom. The zero-order valence-electron chi connectivity index (χ0n) is 5.75. The lowest BCUT2D eigenvalue weighted by Crippen LogP contribution is -1.76. The summed E-state index contributed by atoms with van der Waals surface area (Å²) in [6.07, 6.45) is 5.50. The van der Waals surface area contributed by atoms with Crippen LogP contribution >= 0.6 is 0 Å². The summed E-state index contributed by atoms with van der Waals surface area (Å²) in [6.45, 7) is 0. The van der Waals surface area contributed by atoms with Crippen LogP contribution in [-0.2, 0) is 6.42 Å². The van der Waals surface area contributed by atoms with E-state index in [4.69, 9.17) is 0 Å². The topological polar surface area (TPSA) is 0 Å². The number of rotatable bonds is 0. The van der Waals surface area contributed by atoms with Crippen molar-refractivity contribution in [3.05, 3.63) is 41.5 Å². The van der Waals surface area contributed by atoms with Gasteiger partial charge >= 0.3 is 0 Å². The minimum Gasteiger partial charge on any atom is -0.0795 e. The number of hydrogen-bond donors (Lipinski definition) is 0. The van der Waals surface area contributed by atoms with Crippen molar-refractivity contribution in [3.8, 4) is 0 Å². The predicted molar refractivity (Wildman–Crippen MR) is 44.9 cm³/mol. The van der Waals surface area contributed by atoms with Gasteiger partial charge in [0.05, 0.1) is 0 Å². The molecule has 0 heterocycles. The number of fused-ring (bicyclic) bond motifs is 1. The van der Waals surface area contributed by atoms with Crippen molar-refractivity contribution in [3.63, 3.8) is 0 Å². The summed E-state index contributed by atoms with van der Waals surface area (Å²) in [4.78, 5) is 0. The molecule has 0 spiro atoms. The van der Waals surface area contributed by atoms with Gasteiger partial charge in [0.2, 0.25) is 0 Å². The van der Waals surface area contributed by atoms with E-state index in [0.717, 1.165) is 6.42 Å². The van der Waals surface area contributed by atoms with Crippen LogP contribution in [-0.4, -0.2) is 17.4 Å². The second-order valence-electron chi connectivity index (χ2n) is 2.31. The molecule has 1 aromatic carbocycles. The van der Waals surface area contributed by atoms with Gasteiger partial charge in [-0.05, 0) is 17.5 Å². The Morgan fingerprint density at radius 1 is 1.10 bits per heavy atom. The van der Waals surface area contributed by atoms with Crippen LogP contribution in [0.3, 0.4) is 0 Å². The molecule has 0 aromatic heterocycles. The number of allylic oxidation sites excluding steroid dienone is 1. The molecule has 0 amide bonds. The zero-order chi connectivity index (χ0) is 6.10. The third kappa shape index (κ3) is 1.16. The van der Waals surface area contributed by atoms with Gasteiger partial charge in [0, 0.05) is 17.4 Å². The SMILES string of the molecule is C1=Cc2ccccc2C1.[Al]. The molecule has 47 valence electrons. The molecule has 0 unspecified atom stereocenters. The molecule has 1 aliphatic rings.